The van der Waals surface area contributed by atoms with E-state index >= 15 is 0 Å². The van der Waals surface area contributed by atoms with Crippen LogP contribution >= 0.6 is 15.8 Å². The summed E-state index contributed by atoms with van der Waals surface area (Å²) in [6.45, 7) is 10.2. The molecule has 0 aliphatic carbocycles. The fourth-order valence-corrected chi connectivity index (χ4v) is 16.0. The lowest BCUT2D eigenvalue weighted by atomic mass is 9.84. The Balaban J connectivity index is 1.56. The van der Waals surface area contributed by atoms with Crippen LogP contribution in [0.5, 0.6) is 0 Å². The highest BCUT2D eigenvalue weighted by atomic mass is 31.1. The summed E-state index contributed by atoms with van der Waals surface area (Å²) in [5.74, 6) is 3.93. The van der Waals surface area contributed by atoms with E-state index in [2.05, 4.69) is 52.0 Å². The van der Waals surface area contributed by atoms with Crippen molar-refractivity contribution in [3.63, 3.8) is 0 Å². The van der Waals surface area contributed by atoms with Gasteiger partial charge in [0, 0.05) is 0 Å². The number of benzene rings is 1. The second-order valence-electron chi connectivity index (χ2n) is 9.42. The Morgan fingerprint density at radius 2 is 0.875 bits per heavy atom. The summed E-state index contributed by atoms with van der Waals surface area (Å²) in [5, 5.41) is 3.75. The monoisotopic (exact) mass is 358 g/mol. The minimum absolute atomic E-state index is 0.110. The van der Waals surface area contributed by atoms with Crippen LogP contribution < -0.4 is 10.6 Å². The molecule has 0 nitrogen and oxygen atoms in total. The first-order valence-corrected chi connectivity index (χ1v) is 13.2. The SMILES string of the molecule is C[C@@H]1CC2[C@H](C)CC1P2c1ccccc1P1C2C[C@@H](C)C1C[C@H]2C. The zero-order valence-electron chi connectivity index (χ0n) is 15.7. The summed E-state index contributed by atoms with van der Waals surface area (Å²) < 4.78 is 0. The largest absolute Gasteiger partial charge is 0.0677 e. The lowest BCUT2D eigenvalue weighted by Crippen LogP contribution is -2.27. The van der Waals surface area contributed by atoms with Crippen molar-refractivity contribution in [3.8, 4) is 0 Å². The molecule has 4 unspecified atom stereocenters. The van der Waals surface area contributed by atoms with Crippen molar-refractivity contribution in [2.45, 2.75) is 76.0 Å². The molecule has 4 heterocycles. The van der Waals surface area contributed by atoms with Gasteiger partial charge in [0.1, 0.15) is 0 Å². The highest BCUT2D eigenvalue weighted by Gasteiger charge is 2.54. The van der Waals surface area contributed by atoms with Crippen LogP contribution in [0.4, 0.5) is 0 Å². The molecule has 0 radical (unpaired) electrons. The van der Waals surface area contributed by atoms with E-state index in [9.17, 15) is 0 Å². The summed E-state index contributed by atoms with van der Waals surface area (Å²) in [5.41, 5.74) is 4.13. The standard InChI is InChI=1S/C22H32P2/c1-13-9-20-14(2)10-19(13)23(20)17-7-5-6-8-18(17)24-21-12-16(4)22(24)11-15(21)3/h5-8,13-16,19-22H,9-12H2,1-4H3/t13-,14-,15-,16-,19?,20?,21?,22?,23?,24?/m1/s1. The molecular formula is C22H32P2. The predicted molar refractivity (Wildman–Crippen MR) is 110 cm³/mol. The molecule has 130 valence electrons. The van der Waals surface area contributed by atoms with Gasteiger partial charge >= 0.3 is 0 Å². The smallest absolute Gasteiger partial charge is 0.0137 e. The molecule has 4 fully saturated rings. The Hall–Kier alpha value is 0.0800. The van der Waals surface area contributed by atoms with Crippen LogP contribution in [-0.4, -0.2) is 22.6 Å². The van der Waals surface area contributed by atoms with Gasteiger partial charge in [0.25, 0.3) is 0 Å². The summed E-state index contributed by atoms with van der Waals surface area (Å²) in [4.78, 5) is 0. The van der Waals surface area contributed by atoms with Gasteiger partial charge in [0.2, 0.25) is 0 Å². The molecule has 0 amide bonds. The Labute approximate surface area is 150 Å². The Morgan fingerprint density at radius 3 is 1.17 bits per heavy atom. The third-order valence-electron chi connectivity index (χ3n) is 7.95. The van der Waals surface area contributed by atoms with Gasteiger partial charge in [-0.2, -0.15) is 0 Å². The summed E-state index contributed by atoms with van der Waals surface area (Å²) >= 11 is 0. The molecule has 1 aromatic carbocycles. The molecule has 8 atom stereocenters. The van der Waals surface area contributed by atoms with Gasteiger partial charge in [0.15, 0.2) is 0 Å². The van der Waals surface area contributed by atoms with Crippen molar-refractivity contribution >= 4 is 26.5 Å². The van der Waals surface area contributed by atoms with Crippen molar-refractivity contribution in [1.29, 1.82) is 0 Å². The fraction of sp³-hybridized carbons (Fsp3) is 0.727. The first kappa shape index (κ1) is 16.3. The van der Waals surface area contributed by atoms with Crippen LogP contribution in [-0.2, 0) is 0 Å². The number of hydrogen-bond acceptors (Lipinski definition) is 0. The lowest BCUT2D eigenvalue weighted by Gasteiger charge is -2.27. The molecule has 4 aliphatic rings. The van der Waals surface area contributed by atoms with Crippen LogP contribution in [0, 0.1) is 23.7 Å². The summed E-state index contributed by atoms with van der Waals surface area (Å²) in [7, 11) is 0.220. The average Bonchev–Trinajstić information content (AvgIpc) is 3.24. The predicted octanol–water partition coefficient (Wildman–Crippen LogP) is 5.53. The third-order valence-corrected chi connectivity index (χ3v) is 15.8. The van der Waals surface area contributed by atoms with Crippen molar-refractivity contribution in [2.75, 3.05) is 0 Å². The summed E-state index contributed by atoms with van der Waals surface area (Å²) in [6.07, 6.45) is 6.07. The topological polar surface area (TPSA) is 0 Å². The quantitative estimate of drug-likeness (QED) is 0.610. The van der Waals surface area contributed by atoms with E-state index in [0.29, 0.717) is 0 Å². The highest BCUT2D eigenvalue weighted by Crippen LogP contribution is 2.70. The first-order valence-electron chi connectivity index (χ1n) is 10.2. The first-order chi connectivity index (χ1) is 11.6. The van der Waals surface area contributed by atoms with Gasteiger partial charge < -0.3 is 0 Å². The molecule has 4 saturated heterocycles. The van der Waals surface area contributed by atoms with Crippen molar-refractivity contribution < 1.29 is 0 Å². The van der Waals surface area contributed by atoms with E-state index in [0.717, 1.165) is 46.3 Å². The Bertz CT molecular complexity index is 554. The number of hydrogen-bond donors (Lipinski definition) is 0. The van der Waals surface area contributed by atoms with Crippen LogP contribution in [0.25, 0.3) is 0 Å². The average molecular weight is 358 g/mol. The number of fused-ring (bicyclic) bond motifs is 4. The molecule has 24 heavy (non-hydrogen) atoms. The fourth-order valence-electron chi connectivity index (χ4n) is 6.74. The van der Waals surface area contributed by atoms with Crippen LogP contribution in [0.1, 0.15) is 53.4 Å². The van der Waals surface area contributed by atoms with Gasteiger partial charge in [-0.05, 0) is 82.6 Å². The molecule has 0 saturated carbocycles. The van der Waals surface area contributed by atoms with Crippen LogP contribution in [0.15, 0.2) is 24.3 Å². The second kappa shape index (κ2) is 5.79. The molecule has 0 N–H and O–H groups in total. The van der Waals surface area contributed by atoms with E-state index in [1.807, 2.05) is 10.6 Å². The minimum atomic E-state index is 0.110. The second-order valence-corrected chi connectivity index (χ2v) is 14.7. The molecule has 2 heteroatoms. The minimum Gasteiger partial charge on any atom is -0.0677 e. The molecule has 5 rings (SSSR count). The normalized spacial score (nSPS) is 52.3. The molecule has 0 aromatic heterocycles. The van der Waals surface area contributed by atoms with E-state index in [1.165, 1.54) is 25.7 Å². The zero-order valence-corrected chi connectivity index (χ0v) is 17.4. The van der Waals surface area contributed by atoms with Gasteiger partial charge in [-0.25, -0.2) is 0 Å². The van der Waals surface area contributed by atoms with E-state index in [1.54, 1.807) is 0 Å². The lowest BCUT2D eigenvalue weighted by molar-refractivity contribution is 0.365. The highest BCUT2D eigenvalue weighted by molar-refractivity contribution is 7.74. The molecular weight excluding hydrogens is 326 g/mol. The van der Waals surface area contributed by atoms with Crippen molar-refractivity contribution in [3.05, 3.63) is 24.3 Å². The molecule has 4 bridgehead atoms. The Kier molecular flexibility index (Phi) is 3.93. The molecule has 4 aliphatic heterocycles. The van der Waals surface area contributed by atoms with Crippen molar-refractivity contribution in [1.82, 2.24) is 0 Å². The van der Waals surface area contributed by atoms with Gasteiger partial charge in [0.05, 0.1) is 0 Å². The van der Waals surface area contributed by atoms with E-state index in [4.69, 9.17) is 0 Å². The van der Waals surface area contributed by atoms with Gasteiger partial charge in [-0.15, -0.1) is 0 Å². The van der Waals surface area contributed by atoms with Crippen molar-refractivity contribution in [2.24, 2.45) is 23.7 Å². The maximum atomic E-state index is 2.58. The maximum Gasteiger partial charge on any atom is -0.0137 e. The Morgan fingerprint density at radius 1 is 0.583 bits per heavy atom. The van der Waals surface area contributed by atoms with E-state index in [-0.39, 0.29) is 15.8 Å². The van der Waals surface area contributed by atoms with E-state index < -0.39 is 0 Å². The zero-order chi connectivity index (χ0) is 16.6. The van der Waals surface area contributed by atoms with Crippen LogP contribution in [0.2, 0.25) is 0 Å². The number of rotatable bonds is 2. The maximum absolute atomic E-state index is 2.58. The van der Waals surface area contributed by atoms with Crippen LogP contribution in [0.3, 0.4) is 0 Å². The van der Waals surface area contributed by atoms with Gasteiger partial charge in [-0.1, -0.05) is 67.8 Å². The third kappa shape index (κ3) is 2.18. The molecule has 0 spiro atoms. The summed E-state index contributed by atoms with van der Waals surface area (Å²) in [6, 6.07) is 9.86. The molecule has 1 aromatic rings. The van der Waals surface area contributed by atoms with Gasteiger partial charge in [-0.3, -0.25) is 0 Å².